The Kier molecular flexibility index (Phi) is 19.2. The van der Waals surface area contributed by atoms with Gasteiger partial charge < -0.3 is 4.74 Å². The topological polar surface area (TPSA) is 43.4 Å². The summed E-state index contributed by atoms with van der Waals surface area (Å²) in [6.07, 6.45) is 6.83. The first-order chi connectivity index (χ1) is 20.1. The number of alkyl halides is 3. The van der Waals surface area contributed by atoms with Crippen LogP contribution in [0.1, 0.15) is 110 Å². The molecule has 0 aromatic heterocycles. The number of aryl methyl sites for hydroxylation is 2. The van der Waals surface area contributed by atoms with Gasteiger partial charge in [0.1, 0.15) is 5.60 Å². The molecule has 2 aromatic rings. The van der Waals surface area contributed by atoms with Crippen molar-refractivity contribution in [1.82, 2.24) is 0 Å². The molecule has 0 radical (unpaired) electrons. The van der Waals surface area contributed by atoms with Gasteiger partial charge in [0, 0.05) is 12.3 Å². The van der Waals surface area contributed by atoms with Crippen molar-refractivity contribution in [3.05, 3.63) is 94.6 Å². The molecule has 0 saturated heterocycles. The lowest BCUT2D eigenvalue weighted by molar-refractivity contribution is -0.155. The van der Waals surface area contributed by atoms with E-state index in [1.54, 1.807) is 0 Å². The highest BCUT2D eigenvalue weighted by molar-refractivity contribution is 5.96. The molecule has 43 heavy (non-hydrogen) atoms. The van der Waals surface area contributed by atoms with Crippen molar-refractivity contribution in [3.63, 3.8) is 0 Å². The Morgan fingerprint density at radius 3 is 1.98 bits per heavy atom. The maximum atomic E-state index is 12.9. The number of Topliss-reactive ketones (excluding diaryl/α,β-unsaturated/α-hetero) is 1. The molecule has 0 fully saturated rings. The number of carbonyl (C=O) groups is 2. The highest BCUT2D eigenvalue weighted by atomic mass is 19.4. The Balaban J connectivity index is 0.000000857. The normalized spacial score (nSPS) is 12.5. The Labute approximate surface area is 258 Å². The smallest absolute Gasteiger partial charge is 0.416 e. The molecule has 0 aliphatic heterocycles. The molecule has 0 bridgehead atoms. The van der Waals surface area contributed by atoms with Crippen molar-refractivity contribution >= 4 is 11.8 Å². The van der Waals surface area contributed by atoms with E-state index in [0.29, 0.717) is 25.7 Å². The van der Waals surface area contributed by atoms with Gasteiger partial charge >= 0.3 is 12.1 Å². The highest BCUT2D eigenvalue weighted by Crippen LogP contribution is 2.29. The zero-order valence-electron chi connectivity index (χ0n) is 27.7. The lowest BCUT2D eigenvalue weighted by Crippen LogP contribution is -2.24. The SMILES string of the molecule is C/C=C\C.CC/C=C(/C)C(=O)C(CCCC(=O)OC(C)(C)C)Cc1ccccc1C.CCCc1ccc(C(F)(F)F)cc1. The number of esters is 1. The first kappa shape index (κ1) is 39.8. The number of ether oxygens (including phenoxy) is 1. The van der Waals surface area contributed by atoms with Gasteiger partial charge in [-0.25, -0.2) is 0 Å². The zero-order valence-corrected chi connectivity index (χ0v) is 27.7. The highest BCUT2D eigenvalue weighted by Gasteiger charge is 2.29. The maximum Gasteiger partial charge on any atom is 0.416 e. The third-order valence-corrected chi connectivity index (χ3v) is 6.50. The van der Waals surface area contributed by atoms with E-state index in [-0.39, 0.29) is 17.7 Å². The number of hydrogen-bond acceptors (Lipinski definition) is 3. The van der Waals surface area contributed by atoms with E-state index in [2.05, 4.69) is 19.1 Å². The van der Waals surface area contributed by atoms with Crippen molar-refractivity contribution < 1.29 is 27.5 Å². The molecule has 240 valence electrons. The molecule has 0 heterocycles. The first-order valence-electron chi connectivity index (χ1n) is 15.3. The van der Waals surface area contributed by atoms with E-state index in [1.807, 2.05) is 85.8 Å². The maximum absolute atomic E-state index is 12.9. The van der Waals surface area contributed by atoms with Crippen LogP contribution in [-0.2, 0) is 33.3 Å². The summed E-state index contributed by atoms with van der Waals surface area (Å²) >= 11 is 0. The fourth-order valence-corrected chi connectivity index (χ4v) is 4.19. The molecule has 6 heteroatoms. The predicted octanol–water partition coefficient (Wildman–Crippen LogP) is 10.8. The van der Waals surface area contributed by atoms with E-state index in [1.165, 1.54) is 23.3 Å². The second kappa shape index (κ2) is 20.7. The van der Waals surface area contributed by atoms with E-state index < -0.39 is 17.3 Å². The summed E-state index contributed by atoms with van der Waals surface area (Å²) in [5, 5.41) is 0. The van der Waals surface area contributed by atoms with E-state index >= 15 is 0 Å². The van der Waals surface area contributed by atoms with Crippen LogP contribution in [0, 0.1) is 12.8 Å². The monoisotopic (exact) mass is 602 g/mol. The number of carbonyl (C=O) groups excluding carboxylic acids is 2. The Hall–Kier alpha value is -3.15. The van der Waals surface area contributed by atoms with E-state index in [0.717, 1.165) is 42.5 Å². The Morgan fingerprint density at radius 2 is 1.51 bits per heavy atom. The van der Waals surface area contributed by atoms with Gasteiger partial charge in [0.25, 0.3) is 0 Å². The second-order valence-corrected chi connectivity index (χ2v) is 11.6. The van der Waals surface area contributed by atoms with Gasteiger partial charge in [0.05, 0.1) is 5.56 Å². The van der Waals surface area contributed by atoms with Crippen molar-refractivity contribution in [2.75, 3.05) is 0 Å². The molecule has 0 N–H and O–H groups in total. The first-order valence-corrected chi connectivity index (χ1v) is 15.3. The van der Waals surface area contributed by atoms with E-state index in [4.69, 9.17) is 4.74 Å². The van der Waals surface area contributed by atoms with Crippen molar-refractivity contribution in [3.8, 4) is 0 Å². The summed E-state index contributed by atoms with van der Waals surface area (Å²) in [5.74, 6) is -0.0963. The van der Waals surface area contributed by atoms with Crippen LogP contribution in [0.25, 0.3) is 0 Å². The van der Waals surface area contributed by atoms with Crippen LogP contribution in [0.15, 0.2) is 72.3 Å². The quantitative estimate of drug-likeness (QED) is 0.146. The summed E-state index contributed by atoms with van der Waals surface area (Å²) in [5.41, 5.74) is 3.14. The molecule has 0 amide bonds. The standard InChI is InChI=1S/C23H34O3.C10H11F3.C4H8/c1-7-11-18(3)22(25)20(16-19-13-9-8-12-17(19)2)14-10-15-21(24)26-23(4,5)6;1-2-3-8-4-6-9(7-5-8)10(11,12)13;1-3-4-2/h8-9,11-13,20H,7,10,14-16H2,1-6H3;4-7H,2-3H2,1H3;3-4H,1-2H3/b18-11-;;4-3-. The summed E-state index contributed by atoms with van der Waals surface area (Å²) < 4.78 is 41.7. The zero-order chi connectivity index (χ0) is 33.1. The molecule has 0 spiro atoms. The molecule has 1 unspecified atom stereocenters. The Morgan fingerprint density at radius 1 is 0.930 bits per heavy atom. The average molecular weight is 603 g/mol. The van der Waals surface area contributed by atoms with Crippen LogP contribution in [0.5, 0.6) is 0 Å². The van der Waals surface area contributed by atoms with Gasteiger partial charge in [-0.2, -0.15) is 13.2 Å². The van der Waals surface area contributed by atoms with Crippen molar-refractivity contribution in [2.24, 2.45) is 5.92 Å². The van der Waals surface area contributed by atoms with Gasteiger partial charge in [-0.3, -0.25) is 9.59 Å². The number of rotatable bonds is 11. The number of allylic oxidation sites excluding steroid dienone is 4. The third kappa shape index (κ3) is 18.2. The van der Waals surface area contributed by atoms with Crippen LogP contribution < -0.4 is 0 Å². The lowest BCUT2D eigenvalue weighted by atomic mass is 9.86. The van der Waals surface area contributed by atoms with Crippen LogP contribution in [0.3, 0.4) is 0 Å². The molecular formula is C37H53F3O3. The van der Waals surface area contributed by atoms with Gasteiger partial charge in [0.2, 0.25) is 0 Å². The molecule has 0 aliphatic carbocycles. The number of ketones is 1. The van der Waals surface area contributed by atoms with Crippen LogP contribution in [0.2, 0.25) is 0 Å². The summed E-state index contributed by atoms with van der Waals surface area (Å²) in [6.45, 7) is 17.6. The predicted molar refractivity (Wildman–Crippen MR) is 173 cm³/mol. The van der Waals surface area contributed by atoms with Gasteiger partial charge in [-0.15, -0.1) is 0 Å². The molecule has 0 saturated carbocycles. The molecule has 2 aromatic carbocycles. The number of halogens is 3. The number of hydrogen-bond donors (Lipinski definition) is 0. The molecule has 1 atom stereocenters. The molecule has 3 nitrogen and oxygen atoms in total. The van der Waals surface area contributed by atoms with Crippen LogP contribution in [-0.4, -0.2) is 17.4 Å². The van der Waals surface area contributed by atoms with Crippen molar-refractivity contribution in [1.29, 1.82) is 0 Å². The van der Waals surface area contributed by atoms with Gasteiger partial charge in [0.15, 0.2) is 5.78 Å². The molecular weight excluding hydrogens is 549 g/mol. The van der Waals surface area contributed by atoms with Gasteiger partial charge in [-0.1, -0.05) is 74.9 Å². The second-order valence-electron chi connectivity index (χ2n) is 11.6. The minimum atomic E-state index is -4.22. The van der Waals surface area contributed by atoms with Crippen LogP contribution >= 0.6 is 0 Å². The summed E-state index contributed by atoms with van der Waals surface area (Å²) in [7, 11) is 0. The van der Waals surface area contributed by atoms with E-state index in [9.17, 15) is 22.8 Å². The lowest BCUT2D eigenvalue weighted by Gasteiger charge is -2.20. The minimum Gasteiger partial charge on any atom is -0.460 e. The van der Waals surface area contributed by atoms with Crippen LogP contribution in [0.4, 0.5) is 13.2 Å². The van der Waals surface area contributed by atoms with Crippen molar-refractivity contribution in [2.45, 2.75) is 119 Å². The van der Waals surface area contributed by atoms with Gasteiger partial charge in [-0.05, 0) is 115 Å². The fraction of sp³-hybridized carbons (Fsp3) is 0.514. The minimum absolute atomic E-state index is 0.0960. The third-order valence-electron chi connectivity index (χ3n) is 6.50. The largest absolute Gasteiger partial charge is 0.460 e. The number of benzene rings is 2. The average Bonchev–Trinajstić information content (AvgIpc) is 2.93. The summed E-state index contributed by atoms with van der Waals surface area (Å²) in [4.78, 5) is 24.8. The molecule has 2 rings (SSSR count). The Bertz CT molecular complexity index is 1130. The fourth-order valence-electron chi connectivity index (χ4n) is 4.19. The molecule has 0 aliphatic rings. The summed E-state index contributed by atoms with van der Waals surface area (Å²) in [6, 6.07) is 13.5.